The van der Waals surface area contributed by atoms with Crippen molar-refractivity contribution in [3.63, 3.8) is 0 Å². The molecule has 0 aliphatic carbocycles. The summed E-state index contributed by atoms with van der Waals surface area (Å²) in [5.74, 6) is -1.14. The summed E-state index contributed by atoms with van der Waals surface area (Å²) >= 11 is 0. The zero-order valence-corrected chi connectivity index (χ0v) is 11.5. The highest BCUT2D eigenvalue weighted by molar-refractivity contribution is 7.89. The Labute approximate surface area is 111 Å². The van der Waals surface area contributed by atoms with Gasteiger partial charge in [-0.3, -0.25) is 0 Å². The van der Waals surface area contributed by atoms with Gasteiger partial charge >= 0.3 is 5.97 Å². The number of carbonyl (C=O) groups is 1. The van der Waals surface area contributed by atoms with E-state index < -0.39 is 16.0 Å². The summed E-state index contributed by atoms with van der Waals surface area (Å²) in [6, 6.07) is 2.53. The summed E-state index contributed by atoms with van der Waals surface area (Å²) < 4.78 is 31.8. The van der Waals surface area contributed by atoms with Crippen LogP contribution in [0.4, 0.5) is 0 Å². The minimum atomic E-state index is -3.72. The van der Waals surface area contributed by atoms with Crippen LogP contribution < -0.4 is 4.72 Å². The van der Waals surface area contributed by atoms with Crippen molar-refractivity contribution in [3.05, 3.63) is 28.8 Å². The van der Waals surface area contributed by atoms with Gasteiger partial charge in [0.2, 0.25) is 10.0 Å². The van der Waals surface area contributed by atoms with E-state index in [9.17, 15) is 13.2 Å². The number of aromatic carboxylic acids is 1. The fourth-order valence-corrected chi connectivity index (χ4v) is 3.40. The molecule has 6 nitrogen and oxygen atoms in total. The van der Waals surface area contributed by atoms with Gasteiger partial charge in [-0.15, -0.1) is 0 Å². The number of ether oxygens (including phenoxy) is 1. The van der Waals surface area contributed by atoms with Crippen LogP contribution in [-0.2, 0) is 14.8 Å². The molecule has 1 aliphatic rings. The first-order valence-corrected chi connectivity index (χ1v) is 7.24. The molecule has 1 aromatic carbocycles. The Hall–Kier alpha value is -1.44. The van der Waals surface area contributed by atoms with E-state index in [0.29, 0.717) is 24.3 Å². The Morgan fingerprint density at radius 1 is 1.32 bits per heavy atom. The predicted molar refractivity (Wildman–Crippen MR) is 67.8 cm³/mol. The van der Waals surface area contributed by atoms with Crippen molar-refractivity contribution in [2.24, 2.45) is 0 Å². The first-order chi connectivity index (χ1) is 8.81. The SMILES string of the molecule is Cc1cc(C)c(S(=O)(=O)NC2COC2)cc1C(=O)O. The third-order valence-corrected chi connectivity index (χ3v) is 4.66. The van der Waals surface area contributed by atoms with Gasteiger partial charge in [0.25, 0.3) is 0 Å². The number of nitrogens with one attached hydrogen (secondary N) is 1. The van der Waals surface area contributed by atoms with Crippen molar-refractivity contribution < 1.29 is 23.1 Å². The standard InChI is InChI=1S/C12H15NO5S/c1-7-3-8(2)11(4-10(7)12(14)15)19(16,17)13-9-5-18-6-9/h3-4,9,13H,5-6H2,1-2H3,(H,14,15). The molecule has 0 atom stereocenters. The van der Waals surface area contributed by atoms with E-state index in [1.54, 1.807) is 19.9 Å². The van der Waals surface area contributed by atoms with Crippen molar-refractivity contribution in [2.75, 3.05) is 13.2 Å². The molecule has 19 heavy (non-hydrogen) atoms. The second kappa shape index (κ2) is 4.92. The van der Waals surface area contributed by atoms with Gasteiger partial charge in [0.1, 0.15) is 0 Å². The summed E-state index contributed by atoms with van der Waals surface area (Å²) in [5, 5.41) is 9.05. The highest BCUT2D eigenvalue weighted by Gasteiger charge is 2.27. The maximum atomic E-state index is 12.2. The number of benzene rings is 1. The molecule has 0 bridgehead atoms. The fraction of sp³-hybridized carbons (Fsp3) is 0.417. The molecule has 2 N–H and O–H groups in total. The molecular weight excluding hydrogens is 270 g/mol. The molecule has 0 spiro atoms. The van der Waals surface area contributed by atoms with Crippen LogP contribution in [0.15, 0.2) is 17.0 Å². The number of carboxylic acids is 1. The van der Waals surface area contributed by atoms with Gasteiger partial charge in [-0.25, -0.2) is 17.9 Å². The maximum Gasteiger partial charge on any atom is 0.335 e. The summed E-state index contributed by atoms with van der Waals surface area (Å²) in [7, 11) is -3.72. The van der Waals surface area contributed by atoms with Gasteiger partial charge in [-0.1, -0.05) is 6.07 Å². The number of hydrogen-bond donors (Lipinski definition) is 2. The van der Waals surface area contributed by atoms with E-state index in [0.717, 1.165) is 0 Å². The molecular formula is C12H15NO5S. The van der Waals surface area contributed by atoms with Crippen molar-refractivity contribution in [1.82, 2.24) is 4.72 Å². The van der Waals surface area contributed by atoms with E-state index in [4.69, 9.17) is 9.84 Å². The Kier molecular flexibility index (Phi) is 3.62. The quantitative estimate of drug-likeness (QED) is 0.848. The predicted octanol–water partition coefficient (Wildman–Crippen LogP) is 0.679. The molecule has 7 heteroatoms. The monoisotopic (exact) mass is 285 g/mol. The Morgan fingerprint density at radius 3 is 2.42 bits per heavy atom. The van der Waals surface area contributed by atoms with Crippen molar-refractivity contribution in [2.45, 2.75) is 24.8 Å². The van der Waals surface area contributed by atoms with Crippen LogP contribution in [0.5, 0.6) is 0 Å². The van der Waals surface area contributed by atoms with Crippen LogP contribution in [-0.4, -0.2) is 38.7 Å². The third-order valence-electron chi connectivity index (χ3n) is 3.00. The average Bonchev–Trinajstić information content (AvgIpc) is 2.22. The minimum Gasteiger partial charge on any atom is -0.478 e. The third kappa shape index (κ3) is 2.78. The van der Waals surface area contributed by atoms with E-state index in [1.807, 2.05) is 0 Å². The second-order valence-corrected chi connectivity index (χ2v) is 6.28. The first-order valence-electron chi connectivity index (χ1n) is 5.76. The lowest BCUT2D eigenvalue weighted by molar-refractivity contribution is 0.00481. The molecule has 104 valence electrons. The van der Waals surface area contributed by atoms with E-state index in [-0.39, 0.29) is 16.5 Å². The molecule has 1 saturated heterocycles. The lowest BCUT2D eigenvalue weighted by Crippen LogP contribution is -2.48. The molecule has 0 unspecified atom stereocenters. The first kappa shape index (κ1) is 14.0. The number of carboxylic acid groups (broad SMARTS) is 1. The topological polar surface area (TPSA) is 92.7 Å². The van der Waals surface area contributed by atoms with Gasteiger partial charge in [0, 0.05) is 0 Å². The Balaban J connectivity index is 2.43. The van der Waals surface area contributed by atoms with Crippen molar-refractivity contribution in [3.8, 4) is 0 Å². The van der Waals surface area contributed by atoms with Crippen molar-refractivity contribution >= 4 is 16.0 Å². The molecule has 1 heterocycles. The van der Waals surface area contributed by atoms with E-state index in [2.05, 4.69) is 4.72 Å². The van der Waals surface area contributed by atoms with Gasteiger partial charge in [0.05, 0.1) is 29.7 Å². The molecule has 1 fully saturated rings. The summed E-state index contributed by atoms with van der Waals surface area (Å²) in [6.45, 7) is 3.97. The Bertz CT molecular complexity index is 619. The number of hydrogen-bond acceptors (Lipinski definition) is 4. The number of aryl methyl sites for hydroxylation is 2. The van der Waals surface area contributed by atoms with Gasteiger partial charge in [-0.05, 0) is 31.0 Å². The highest BCUT2D eigenvalue weighted by atomic mass is 32.2. The van der Waals surface area contributed by atoms with Crippen LogP contribution in [0, 0.1) is 13.8 Å². The minimum absolute atomic E-state index is 0.00222. The molecule has 0 saturated carbocycles. The average molecular weight is 285 g/mol. The zero-order chi connectivity index (χ0) is 14.2. The summed E-state index contributed by atoms with van der Waals surface area (Å²) in [4.78, 5) is 11.1. The van der Waals surface area contributed by atoms with Crippen LogP contribution in [0.3, 0.4) is 0 Å². The number of sulfonamides is 1. The molecule has 1 aliphatic heterocycles. The van der Waals surface area contributed by atoms with Crippen LogP contribution in [0.1, 0.15) is 21.5 Å². The van der Waals surface area contributed by atoms with Crippen LogP contribution in [0.2, 0.25) is 0 Å². The normalized spacial score (nSPS) is 16.1. The van der Waals surface area contributed by atoms with E-state index in [1.165, 1.54) is 6.07 Å². The van der Waals surface area contributed by atoms with E-state index >= 15 is 0 Å². The van der Waals surface area contributed by atoms with Gasteiger partial charge < -0.3 is 9.84 Å². The smallest absolute Gasteiger partial charge is 0.335 e. The number of rotatable bonds is 4. The van der Waals surface area contributed by atoms with Crippen LogP contribution in [0.25, 0.3) is 0 Å². The summed E-state index contributed by atoms with van der Waals surface area (Å²) in [5.41, 5.74) is 1.06. The van der Waals surface area contributed by atoms with Gasteiger partial charge in [0.15, 0.2) is 0 Å². The summed E-state index contributed by atoms with van der Waals surface area (Å²) in [6.07, 6.45) is 0. The molecule has 2 rings (SSSR count). The van der Waals surface area contributed by atoms with Gasteiger partial charge in [-0.2, -0.15) is 0 Å². The Morgan fingerprint density at radius 2 is 1.95 bits per heavy atom. The zero-order valence-electron chi connectivity index (χ0n) is 10.6. The largest absolute Gasteiger partial charge is 0.478 e. The molecule has 0 aromatic heterocycles. The van der Waals surface area contributed by atoms with Crippen molar-refractivity contribution in [1.29, 1.82) is 0 Å². The molecule has 0 amide bonds. The lowest BCUT2D eigenvalue weighted by atomic mass is 10.1. The molecule has 1 aromatic rings. The lowest BCUT2D eigenvalue weighted by Gasteiger charge is -2.27. The highest BCUT2D eigenvalue weighted by Crippen LogP contribution is 2.21. The second-order valence-electron chi connectivity index (χ2n) is 4.59. The fourth-order valence-electron chi connectivity index (χ4n) is 1.94. The maximum absolute atomic E-state index is 12.2. The van der Waals surface area contributed by atoms with Crippen LogP contribution >= 0.6 is 0 Å². The molecule has 0 radical (unpaired) electrons.